The third kappa shape index (κ3) is 55.1. The van der Waals surface area contributed by atoms with Crippen LogP contribution in [0, 0.1) is 0 Å². The Balaban J connectivity index is 4.38. The Morgan fingerprint density at radius 2 is 0.580 bits per heavy atom. The van der Waals surface area contributed by atoms with E-state index in [9.17, 15) is 14.4 Å². The molecule has 0 amide bonds. The number of hydrogen-bond donors (Lipinski definition) is 0. The van der Waals surface area contributed by atoms with E-state index < -0.39 is 6.10 Å². The fourth-order valence-electron chi connectivity index (χ4n) is 7.76. The van der Waals surface area contributed by atoms with Gasteiger partial charge in [-0.05, 0) is 96.3 Å². The molecule has 69 heavy (non-hydrogen) atoms. The number of hydrogen-bond acceptors (Lipinski definition) is 6. The first kappa shape index (κ1) is 65.3. The Morgan fingerprint density at radius 1 is 0.304 bits per heavy atom. The molecule has 0 radical (unpaired) electrons. The zero-order valence-electron chi connectivity index (χ0n) is 45.0. The number of allylic oxidation sites excluding steroid dienone is 16. The van der Waals surface area contributed by atoms with Crippen LogP contribution >= 0.6 is 0 Å². The van der Waals surface area contributed by atoms with Crippen molar-refractivity contribution < 1.29 is 28.6 Å². The van der Waals surface area contributed by atoms with Gasteiger partial charge in [0.2, 0.25) is 0 Å². The first-order valence-corrected chi connectivity index (χ1v) is 28.7. The second kappa shape index (κ2) is 56.9. The van der Waals surface area contributed by atoms with E-state index in [1.54, 1.807) is 0 Å². The lowest BCUT2D eigenvalue weighted by atomic mass is 10.0. The summed E-state index contributed by atoms with van der Waals surface area (Å²) in [5, 5.41) is 0. The van der Waals surface area contributed by atoms with Gasteiger partial charge in [0.25, 0.3) is 0 Å². The van der Waals surface area contributed by atoms with Gasteiger partial charge in [-0.2, -0.15) is 0 Å². The molecule has 0 aliphatic carbocycles. The molecule has 0 saturated carbocycles. The van der Waals surface area contributed by atoms with E-state index in [1.165, 1.54) is 109 Å². The highest BCUT2D eigenvalue weighted by Crippen LogP contribution is 2.15. The van der Waals surface area contributed by atoms with Crippen LogP contribution in [-0.2, 0) is 28.6 Å². The van der Waals surface area contributed by atoms with Gasteiger partial charge in [-0.25, -0.2) is 0 Å². The van der Waals surface area contributed by atoms with Crippen molar-refractivity contribution in [1.82, 2.24) is 0 Å². The Bertz CT molecular complexity index is 1380. The molecule has 0 aromatic heterocycles. The predicted octanol–water partition coefficient (Wildman–Crippen LogP) is 19.3. The molecule has 0 spiro atoms. The summed E-state index contributed by atoms with van der Waals surface area (Å²) in [6, 6.07) is 0. The summed E-state index contributed by atoms with van der Waals surface area (Å²) < 4.78 is 16.8. The second-order valence-corrected chi connectivity index (χ2v) is 18.8. The number of carbonyl (C=O) groups is 3. The molecule has 0 saturated heterocycles. The van der Waals surface area contributed by atoms with Crippen LogP contribution < -0.4 is 0 Å². The standard InChI is InChI=1S/C63H106O6/c1-4-7-10-13-16-19-22-24-26-27-28-29-30-31-32-33-34-35-37-38-41-44-47-50-53-56-62(65)68-59-60(58-67-61(64)55-52-49-46-43-40-21-18-15-12-9-6-3)69-63(66)57-54-51-48-45-42-39-36-25-23-20-17-14-11-8-5-2/h7,10,15-16,18-19,24,26,28-29,31-32,34-35,38,41,60H,4-6,8-9,11-14,17,20-23,25,27,30,33,36-37,39-40,42-59H2,1-3H3/b10-7-,18-15-,19-16-,26-24-,29-28-,32-31-,35-34-,41-38-. The second-order valence-electron chi connectivity index (χ2n) is 18.8. The lowest BCUT2D eigenvalue weighted by Gasteiger charge is -2.18. The van der Waals surface area contributed by atoms with Gasteiger partial charge in [0.15, 0.2) is 6.10 Å². The van der Waals surface area contributed by atoms with Crippen LogP contribution in [0.1, 0.15) is 265 Å². The third-order valence-electron chi connectivity index (χ3n) is 12.1. The molecule has 0 aromatic carbocycles. The minimum atomic E-state index is -0.793. The zero-order chi connectivity index (χ0) is 50.0. The summed E-state index contributed by atoms with van der Waals surface area (Å²) in [7, 11) is 0. The maximum Gasteiger partial charge on any atom is 0.306 e. The molecule has 0 rings (SSSR count). The van der Waals surface area contributed by atoms with Crippen LogP contribution in [-0.4, -0.2) is 37.2 Å². The van der Waals surface area contributed by atoms with E-state index in [0.717, 1.165) is 116 Å². The van der Waals surface area contributed by atoms with Gasteiger partial charge in [-0.15, -0.1) is 0 Å². The number of esters is 3. The minimum Gasteiger partial charge on any atom is -0.462 e. The SMILES string of the molecule is CC/C=C\C/C=C\C/C=C\C/C=C\C/C=C\C/C=C\C/C=C\CCCCCC(=O)OCC(COC(=O)CCCCCCC/C=C\CCCC)OC(=O)CCCCCCCCCCCCCCCCC. The fourth-order valence-corrected chi connectivity index (χ4v) is 7.76. The van der Waals surface area contributed by atoms with E-state index in [4.69, 9.17) is 14.2 Å². The molecular formula is C63H106O6. The Morgan fingerprint density at radius 3 is 0.957 bits per heavy atom. The van der Waals surface area contributed by atoms with E-state index in [2.05, 4.69) is 118 Å². The first-order chi connectivity index (χ1) is 34.0. The quantitative estimate of drug-likeness (QED) is 0.0262. The normalized spacial score (nSPS) is 12.8. The summed E-state index contributed by atoms with van der Waals surface area (Å²) in [4.78, 5) is 38.1. The van der Waals surface area contributed by atoms with Gasteiger partial charge in [-0.1, -0.05) is 246 Å². The molecule has 0 heterocycles. The summed E-state index contributed by atoms with van der Waals surface area (Å²) in [6.45, 7) is 6.46. The Kier molecular flexibility index (Phi) is 53.9. The molecule has 0 aromatic rings. The number of ether oxygens (including phenoxy) is 3. The molecule has 1 atom stereocenters. The molecule has 1 unspecified atom stereocenters. The molecule has 0 aliphatic heterocycles. The molecule has 6 heteroatoms. The monoisotopic (exact) mass is 959 g/mol. The van der Waals surface area contributed by atoms with Crippen LogP contribution in [0.25, 0.3) is 0 Å². The molecule has 6 nitrogen and oxygen atoms in total. The minimum absolute atomic E-state index is 0.0913. The van der Waals surface area contributed by atoms with E-state index in [0.29, 0.717) is 19.3 Å². The van der Waals surface area contributed by atoms with Gasteiger partial charge >= 0.3 is 17.9 Å². The largest absolute Gasteiger partial charge is 0.462 e. The van der Waals surface area contributed by atoms with Crippen molar-refractivity contribution in [3.8, 4) is 0 Å². The summed E-state index contributed by atoms with van der Waals surface area (Å²) in [5.41, 5.74) is 0. The van der Waals surface area contributed by atoms with Crippen molar-refractivity contribution in [2.45, 2.75) is 271 Å². The lowest BCUT2D eigenvalue weighted by Crippen LogP contribution is -2.30. The highest BCUT2D eigenvalue weighted by atomic mass is 16.6. The summed E-state index contributed by atoms with van der Waals surface area (Å²) in [5.74, 6) is -0.930. The molecule has 0 N–H and O–H groups in total. The smallest absolute Gasteiger partial charge is 0.306 e. The first-order valence-electron chi connectivity index (χ1n) is 28.7. The van der Waals surface area contributed by atoms with Crippen molar-refractivity contribution in [2.24, 2.45) is 0 Å². The van der Waals surface area contributed by atoms with Gasteiger partial charge in [0, 0.05) is 19.3 Å². The van der Waals surface area contributed by atoms with Gasteiger partial charge < -0.3 is 14.2 Å². The topological polar surface area (TPSA) is 78.9 Å². The van der Waals surface area contributed by atoms with Crippen molar-refractivity contribution in [3.05, 3.63) is 97.2 Å². The highest BCUT2D eigenvalue weighted by molar-refractivity contribution is 5.71. The Hall–Kier alpha value is -3.67. The van der Waals surface area contributed by atoms with E-state index in [1.807, 2.05) is 0 Å². The van der Waals surface area contributed by atoms with Gasteiger partial charge in [0.1, 0.15) is 13.2 Å². The van der Waals surface area contributed by atoms with Gasteiger partial charge in [-0.3, -0.25) is 14.4 Å². The number of unbranched alkanes of at least 4 members (excludes halogenated alkanes) is 24. The number of rotatable bonds is 51. The molecule has 0 aliphatic rings. The van der Waals surface area contributed by atoms with E-state index in [-0.39, 0.29) is 31.1 Å². The molecular weight excluding hydrogens is 853 g/mol. The average molecular weight is 960 g/mol. The zero-order valence-corrected chi connectivity index (χ0v) is 45.0. The maximum atomic E-state index is 12.8. The Labute approximate surface area is 426 Å². The molecule has 394 valence electrons. The maximum absolute atomic E-state index is 12.8. The van der Waals surface area contributed by atoms with Crippen LogP contribution in [0.3, 0.4) is 0 Å². The van der Waals surface area contributed by atoms with Crippen LogP contribution in [0.5, 0.6) is 0 Å². The van der Waals surface area contributed by atoms with Crippen molar-refractivity contribution in [3.63, 3.8) is 0 Å². The molecule has 0 fully saturated rings. The van der Waals surface area contributed by atoms with Crippen LogP contribution in [0.15, 0.2) is 97.2 Å². The summed E-state index contributed by atoms with van der Waals surface area (Å²) >= 11 is 0. The van der Waals surface area contributed by atoms with Crippen molar-refractivity contribution >= 4 is 17.9 Å². The predicted molar refractivity (Wildman–Crippen MR) is 297 cm³/mol. The molecule has 0 bridgehead atoms. The van der Waals surface area contributed by atoms with Crippen LogP contribution in [0.4, 0.5) is 0 Å². The fraction of sp³-hybridized carbons (Fsp3) is 0.698. The van der Waals surface area contributed by atoms with Crippen molar-refractivity contribution in [1.29, 1.82) is 0 Å². The van der Waals surface area contributed by atoms with E-state index >= 15 is 0 Å². The number of carbonyl (C=O) groups excluding carboxylic acids is 3. The average Bonchev–Trinajstić information content (AvgIpc) is 3.35. The van der Waals surface area contributed by atoms with Gasteiger partial charge in [0.05, 0.1) is 0 Å². The summed E-state index contributed by atoms with van der Waals surface area (Å²) in [6.07, 6.45) is 75.4. The lowest BCUT2D eigenvalue weighted by molar-refractivity contribution is -0.167. The van der Waals surface area contributed by atoms with Crippen molar-refractivity contribution in [2.75, 3.05) is 13.2 Å². The van der Waals surface area contributed by atoms with Crippen LogP contribution in [0.2, 0.25) is 0 Å². The highest BCUT2D eigenvalue weighted by Gasteiger charge is 2.19. The third-order valence-corrected chi connectivity index (χ3v) is 12.1.